The van der Waals surface area contributed by atoms with Crippen molar-refractivity contribution < 1.29 is 111 Å². The lowest BCUT2D eigenvalue weighted by Gasteiger charge is -2.42. The number of piperidine rings is 2. The number of aliphatic hydroxyl groups is 4. The molecule has 2 aromatic heterocycles. The molecule has 6 aliphatic heterocycles. The van der Waals surface area contributed by atoms with E-state index in [1.807, 2.05) is 96.2 Å². The van der Waals surface area contributed by atoms with Crippen LogP contribution in [0, 0.1) is 71.0 Å². The molecule has 8 aliphatic rings. The average molecular weight is 1930 g/mol. The Labute approximate surface area is 816 Å². The first-order valence-corrected chi connectivity index (χ1v) is 50.2. The van der Waals surface area contributed by atoms with Gasteiger partial charge in [0.05, 0.1) is 48.7 Å². The third-order valence-corrected chi connectivity index (χ3v) is 30.5. The molecule has 1 unspecified atom stereocenters. The molecule has 0 aromatic carbocycles. The molecule has 0 spiro atoms. The summed E-state index contributed by atoms with van der Waals surface area (Å²) in [5.41, 5.74) is 3.45. The van der Waals surface area contributed by atoms with Crippen LogP contribution in [-0.2, 0) is 90.5 Å². The van der Waals surface area contributed by atoms with E-state index in [-0.39, 0.29) is 128 Å². The number of rotatable bonds is 14. The van der Waals surface area contributed by atoms with Crippen LogP contribution in [0.3, 0.4) is 0 Å². The van der Waals surface area contributed by atoms with Crippen molar-refractivity contribution in [1.29, 1.82) is 0 Å². The molecule has 8 heterocycles. The van der Waals surface area contributed by atoms with Gasteiger partial charge in [0.25, 0.3) is 17.6 Å². The van der Waals surface area contributed by atoms with Gasteiger partial charge < -0.3 is 77.6 Å². The zero-order valence-electron chi connectivity index (χ0n) is 85.4. The van der Waals surface area contributed by atoms with E-state index in [4.69, 9.17) is 47.4 Å². The van der Waals surface area contributed by atoms with Crippen molar-refractivity contribution in [2.45, 2.75) is 360 Å². The zero-order valence-corrected chi connectivity index (χ0v) is 85.4. The number of cyclic esters (lactones) is 2. The summed E-state index contributed by atoms with van der Waals surface area (Å²) >= 11 is 0. The lowest BCUT2D eigenvalue weighted by atomic mass is 9.77. The third-order valence-electron chi connectivity index (χ3n) is 30.5. The van der Waals surface area contributed by atoms with Crippen LogP contribution in [0.25, 0.3) is 0 Å². The van der Waals surface area contributed by atoms with Crippen LogP contribution in [0.1, 0.15) is 263 Å². The highest BCUT2D eigenvalue weighted by atomic mass is 16.7. The van der Waals surface area contributed by atoms with E-state index in [0.29, 0.717) is 101 Å². The first-order chi connectivity index (χ1) is 65.6. The zero-order chi connectivity index (χ0) is 101. The molecule has 4 N–H and O–H groups in total. The van der Waals surface area contributed by atoms with Crippen molar-refractivity contribution in [2.75, 3.05) is 55.7 Å². The SMILES string of the molecule is C=C1[C@H](C)C[C@H](C)/C=C/C=C/C=C(\C)[C@@H](OC)C[C@@H]2CC[C@@H](C)C(=O)C(O)(O2)C(=O)N2CCCC[C@H]2C(=O)O[C@H]([C@H](C)C[C@@H]2CC[C@H](n3cnnn3)[C@H](OC)C2)CC(=O)[C@H](C)/C=C(\C)[C@@H](O)[C@H]1OC.CO[C@H]1C[C@@H]2CC[C@@H](C)[C@@](O)(O2)C(=O)C(=O)N2CCCC[C@H]2C(=O)O[C@H]([C@H](C)C[C@@H]2CC[C@H](n3cnnn3)[C@H](OC)C2)CC(=O)[C@H](C)/C=C(\C)[C@@H](O)[C@@H](OC)C(=O)[C@H](C)C[C@H](C)/C=C/C=CC=C1C. The number of aromatic nitrogens is 8. The number of carbonyl (C=O) groups excluding carboxylic acids is 9. The van der Waals surface area contributed by atoms with E-state index >= 15 is 0 Å². The number of tetrazole rings is 2. The Morgan fingerprint density at radius 3 is 1.39 bits per heavy atom. The Kier molecular flexibility index (Phi) is 43.9. The molecule has 4 bridgehead atoms. The van der Waals surface area contributed by atoms with E-state index in [2.05, 4.69) is 57.6 Å². The normalized spacial score (nSPS) is 38.1. The molecular weight excluding hydrogens is 1770 g/mol. The van der Waals surface area contributed by atoms with Gasteiger partial charge in [0, 0.05) is 111 Å². The predicted molar refractivity (Wildman–Crippen MR) is 516 cm³/mol. The fraction of sp³-hybridized carbons (Fsp3) is 0.724. The summed E-state index contributed by atoms with van der Waals surface area (Å²) < 4.78 is 63.6. The maximum Gasteiger partial charge on any atom is 0.329 e. The number of ether oxygens (including phenoxy) is 10. The first kappa shape index (κ1) is 113. The molecule has 10 rings (SSSR count). The van der Waals surface area contributed by atoms with E-state index in [1.165, 1.54) is 16.9 Å². The van der Waals surface area contributed by atoms with Gasteiger partial charge in [0.15, 0.2) is 5.78 Å². The van der Waals surface area contributed by atoms with Gasteiger partial charge in [0.2, 0.25) is 11.6 Å². The van der Waals surface area contributed by atoms with Gasteiger partial charge in [-0.2, -0.15) is 0 Å². The van der Waals surface area contributed by atoms with Crippen LogP contribution >= 0.6 is 0 Å². The highest BCUT2D eigenvalue weighted by molar-refractivity contribution is 6.39. The highest BCUT2D eigenvalue weighted by Crippen LogP contribution is 2.44. The molecule has 30 atom stereocenters. The van der Waals surface area contributed by atoms with Gasteiger partial charge in [0.1, 0.15) is 72.9 Å². The van der Waals surface area contributed by atoms with Crippen LogP contribution in [0.15, 0.2) is 120 Å². The van der Waals surface area contributed by atoms with Gasteiger partial charge in [-0.1, -0.05) is 149 Å². The minimum Gasteiger partial charge on any atom is -0.460 e. The van der Waals surface area contributed by atoms with Crippen molar-refractivity contribution in [3.63, 3.8) is 0 Å². The van der Waals surface area contributed by atoms with Crippen molar-refractivity contribution in [1.82, 2.24) is 50.2 Å². The molecule has 33 heteroatoms. The number of amides is 2. The van der Waals surface area contributed by atoms with Gasteiger partial charge in [-0.15, -0.1) is 10.2 Å². The molecule has 6 fully saturated rings. The van der Waals surface area contributed by atoms with Crippen molar-refractivity contribution >= 4 is 52.7 Å². The quantitative estimate of drug-likeness (QED) is 0.0590. The van der Waals surface area contributed by atoms with Crippen molar-refractivity contribution in [3.05, 3.63) is 120 Å². The van der Waals surface area contributed by atoms with E-state index < -0.39 is 150 Å². The molecule has 138 heavy (non-hydrogen) atoms. The molecule has 2 saturated carbocycles. The summed E-state index contributed by atoms with van der Waals surface area (Å²) in [6.07, 6.45) is 29.1. The average Bonchev–Trinajstić information content (AvgIpc) is 1.10. The Bertz CT molecular complexity index is 4600. The molecule has 2 aromatic rings. The topological polar surface area (TPSA) is 421 Å². The molecule has 2 amide bonds. The Hall–Kier alpha value is -8.45. The molecule has 4 saturated heterocycles. The fourth-order valence-corrected chi connectivity index (χ4v) is 21.6. The number of aliphatic hydroxyl groups excluding tert-OH is 2. The molecule has 33 nitrogen and oxygen atoms in total. The fourth-order valence-electron chi connectivity index (χ4n) is 21.6. The number of esters is 2. The van der Waals surface area contributed by atoms with Crippen LogP contribution in [0.4, 0.5) is 0 Å². The number of Topliss-reactive ketones (excluding diaryl/α,β-unsaturated/α-hetero) is 5. The summed E-state index contributed by atoms with van der Waals surface area (Å²) in [5.74, 6) is -14.7. The van der Waals surface area contributed by atoms with Crippen molar-refractivity contribution in [2.24, 2.45) is 71.0 Å². The second-order valence-corrected chi connectivity index (χ2v) is 40.9. The number of fused-ring (bicyclic) bond motifs is 6. The minimum absolute atomic E-state index is 0.000204. The lowest BCUT2D eigenvalue weighted by molar-refractivity contribution is -0.265. The number of allylic oxidation sites excluding steroid dienone is 12. The van der Waals surface area contributed by atoms with Gasteiger partial charge >= 0.3 is 17.7 Å². The Morgan fingerprint density at radius 2 is 0.935 bits per heavy atom. The summed E-state index contributed by atoms with van der Waals surface area (Å²) in [6.45, 7) is 30.6. The second kappa shape index (κ2) is 53.6. The highest BCUT2D eigenvalue weighted by Gasteiger charge is 2.57. The van der Waals surface area contributed by atoms with Gasteiger partial charge in [-0.25, -0.2) is 19.0 Å². The van der Waals surface area contributed by atoms with Crippen molar-refractivity contribution in [3.8, 4) is 0 Å². The van der Waals surface area contributed by atoms with Crippen LogP contribution in [0.2, 0.25) is 0 Å². The smallest absolute Gasteiger partial charge is 0.329 e. The standard InChI is InChI=1S/C53H81N5O11.C52H79N5O12/c1-32-17-13-12-14-18-33(2)45(65-9)29-41-22-20-34(3)50(61)53(64,69-41)52(63)57-24-16-15-19-43(57)51(62)68-46(37(6)27-40-21-23-42(47(28-40)66-10)58-31-54-55-56-58)30-44(59)36(5)26-38(7)48(60)49(67-11)39(8)35(4)25-32;1-31-16-12-11-13-17-32(2)43(65-8)28-39-21-19-37(7)52(64,69-39)49(61)50(62)56-23-15-14-18-41(56)51(63)68-44(34(4)26-38-20-22-40(45(27-38)66-9)57-30-53-54-55-57)29-42(58)33(3)25-36(6)47(60)48(67-10)46(59)35(5)24-31/h12-14,17-18,26,31-32,34-37,40-43,45-49,60,64H,8,15-16,19-25,27-30H2,1-7,9-11H3;11-13,16-17,25,30-31,33-35,37-41,43-45,47-48,60,64H,14-15,18-24,26-29H2,1-10H3/b14-12+,17-13+,33-18+,38-26+;13-11?,16-12+,32-17?,36-25+/t32-,34-,35-,36-,37-,40+,41+,42+,43+,45+,46+,47-,48-,49+,53?;31-,33-,34-,35-,37-,38+,39+,40+,41+,43+,44+,45-,47-,48+,52-/m11/s1. The number of hydrogen-bond donors (Lipinski definition) is 4. The lowest BCUT2D eigenvalue weighted by Crippen LogP contribution is -2.62. The number of carbonyl (C=O) groups is 9. The molecule has 0 radical (unpaired) electrons. The number of hydrogen-bond acceptors (Lipinski definition) is 29. The molecule has 2 aliphatic carbocycles. The summed E-state index contributed by atoms with van der Waals surface area (Å²) in [4.78, 5) is 131. The number of ketones is 5. The largest absolute Gasteiger partial charge is 0.460 e. The first-order valence-electron chi connectivity index (χ1n) is 50.2. The molecular formula is C105H160N10O23. The van der Waals surface area contributed by atoms with Gasteiger partial charge in [-0.3, -0.25) is 33.6 Å². The van der Waals surface area contributed by atoms with E-state index in [1.54, 1.807) is 111 Å². The second-order valence-electron chi connectivity index (χ2n) is 40.9. The van der Waals surface area contributed by atoms with Gasteiger partial charge in [-0.05, 0) is 246 Å². The maximum atomic E-state index is 14.7. The maximum absolute atomic E-state index is 14.7. The van der Waals surface area contributed by atoms with E-state index in [9.17, 15) is 63.6 Å². The minimum atomic E-state index is -2.84. The third kappa shape index (κ3) is 29.9. The molecule has 768 valence electrons. The monoisotopic (exact) mass is 1930 g/mol. The van der Waals surface area contributed by atoms with E-state index in [0.717, 1.165) is 48.8 Å². The predicted octanol–water partition coefficient (Wildman–Crippen LogP) is 13.1. The summed E-state index contributed by atoms with van der Waals surface area (Å²) in [7, 11) is 9.42. The number of methoxy groups -OCH3 is 6. The number of nitrogens with zero attached hydrogens (tertiary/aromatic N) is 10. The van der Waals surface area contributed by atoms with Crippen LogP contribution in [-0.4, -0.2) is 276 Å². The Morgan fingerprint density at radius 1 is 0.486 bits per heavy atom. The summed E-state index contributed by atoms with van der Waals surface area (Å²) in [5, 5.41) is 70.8. The van der Waals surface area contributed by atoms with Crippen LogP contribution < -0.4 is 0 Å². The summed E-state index contributed by atoms with van der Waals surface area (Å²) in [6, 6.07) is -2.37. The van der Waals surface area contributed by atoms with Crippen LogP contribution in [0.5, 0.6) is 0 Å². The Balaban J connectivity index is 0.000000309.